The van der Waals surface area contributed by atoms with E-state index in [0.29, 0.717) is 0 Å². The summed E-state index contributed by atoms with van der Waals surface area (Å²) in [7, 11) is 0. The molecule has 2 aromatic carbocycles. The minimum absolute atomic E-state index is 0.0453. The molecular weight excluding hydrogens is 307 g/mol. The van der Waals surface area contributed by atoms with E-state index in [0.717, 1.165) is 30.2 Å². The van der Waals surface area contributed by atoms with Gasteiger partial charge in [-0.1, -0.05) is 87.3 Å². The molecule has 0 N–H and O–H groups in total. The van der Waals surface area contributed by atoms with Crippen molar-refractivity contribution >= 4 is 0 Å². The SMILES string of the molecule is [2H]c1c([2H])c(-c2ccc(CCC3CCC(CCC)CC3)cc2F)c([2H])c([2H])c1C. The molecule has 0 heterocycles. The van der Waals surface area contributed by atoms with Crippen LogP contribution in [0.2, 0.25) is 0 Å². The monoisotopic (exact) mass is 342 g/mol. The molecule has 134 valence electrons. The van der Waals surface area contributed by atoms with Crippen LogP contribution in [0.15, 0.2) is 42.4 Å². The minimum Gasteiger partial charge on any atom is -0.206 e. The maximum Gasteiger partial charge on any atom is 0.131 e. The van der Waals surface area contributed by atoms with E-state index in [-0.39, 0.29) is 40.9 Å². The molecule has 1 aliphatic carbocycles. The maximum absolute atomic E-state index is 14.9. The van der Waals surface area contributed by atoms with Crippen LogP contribution in [0.1, 0.15) is 68.5 Å². The van der Waals surface area contributed by atoms with Crippen LogP contribution in [-0.2, 0) is 6.42 Å². The molecule has 0 bridgehead atoms. The number of rotatable bonds is 6. The topological polar surface area (TPSA) is 0 Å². The fourth-order valence-corrected chi connectivity index (χ4v) is 4.01. The number of halogens is 1. The molecule has 0 atom stereocenters. The minimum atomic E-state index is -0.473. The van der Waals surface area contributed by atoms with Gasteiger partial charge in [-0.3, -0.25) is 0 Å². The van der Waals surface area contributed by atoms with Gasteiger partial charge in [0.25, 0.3) is 0 Å². The first-order valence-electron chi connectivity index (χ1n) is 11.7. The van der Waals surface area contributed by atoms with Crippen LogP contribution in [0.3, 0.4) is 0 Å². The van der Waals surface area contributed by atoms with Crippen molar-refractivity contribution in [3.05, 3.63) is 59.3 Å². The lowest BCUT2D eigenvalue weighted by Gasteiger charge is -2.28. The van der Waals surface area contributed by atoms with Crippen molar-refractivity contribution in [3.8, 4) is 11.1 Å². The summed E-state index contributed by atoms with van der Waals surface area (Å²) >= 11 is 0. The molecule has 0 radical (unpaired) electrons. The number of hydrogen-bond donors (Lipinski definition) is 0. The van der Waals surface area contributed by atoms with E-state index in [9.17, 15) is 4.39 Å². The molecular formula is C24H31F. The smallest absolute Gasteiger partial charge is 0.131 e. The zero-order valence-corrected chi connectivity index (χ0v) is 15.4. The molecule has 2 aromatic rings. The van der Waals surface area contributed by atoms with Crippen molar-refractivity contribution in [3.63, 3.8) is 0 Å². The Morgan fingerprint density at radius 3 is 2.24 bits per heavy atom. The number of aryl methyl sites for hydroxylation is 1. The van der Waals surface area contributed by atoms with Crippen LogP contribution in [0, 0.1) is 24.6 Å². The summed E-state index contributed by atoms with van der Waals surface area (Å²) in [6.45, 7) is 3.81. The van der Waals surface area contributed by atoms with Gasteiger partial charge in [0, 0.05) is 5.56 Å². The molecule has 0 spiro atoms. The highest BCUT2D eigenvalue weighted by molar-refractivity contribution is 5.64. The van der Waals surface area contributed by atoms with Crippen LogP contribution in [-0.4, -0.2) is 0 Å². The van der Waals surface area contributed by atoms with Crippen molar-refractivity contribution in [1.29, 1.82) is 0 Å². The van der Waals surface area contributed by atoms with Gasteiger partial charge in [0.1, 0.15) is 5.82 Å². The largest absolute Gasteiger partial charge is 0.206 e. The maximum atomic E-state index is 14.9. The Balaban J connectivity index is 1.72. The van der Waals surface area contributed by atoms with Gasteiger partial charge >= 0.3 is 0 Å². The van der Waals surface area contributed by atoms with Crippen LogP contribution in [0.5, 0.6) is 0 Å². The van der Waals surface area contributed by atoms with E-state index in [4.69, 9.17) is 5.48 Å². The summed E-state index contributed by atoms with van der Waals surface area (Å²) in [6, 6.07) is 4.41. The van der Waals surface area contributed by atoms with Gasteiger partial charge in [0.05, 0.1) is 5.48 Å². The Kier molecular flexibility index (Phi) is 4.69. The number of hydrogen-bond acceptors (Lipinski definition) is 0. The molecule has 1 saturated carbocycles. The highest BCUT2D eigenvalue weighted by atomic mass is 19.1. The molecule has 0 nitrogen and oxygen atoms in total. The van der Waals surface area contributed by atoms with Crippen molar-refractivity contribution < 1.29 is 9.87 Å². The van der Waals surface area contributed by atoms with Gasteiger partial charge in [0.15, 0.2) is 0 Å². The number of benzene rings is 2. The van der Waals surface area contributed by atoms with Crippen LogP contribution >= 0.6 is 0 Å². The second-order valence-electron chi connectivity index (χ2n) is 7.53. The summed E-state index contributed by atoms with van der Waals surface area (Å²) in [5, 5.41) is 0. The fourth-order valence-electron chi connectivity index (χ4n) is 4.01. The van der Waals surface area contributed by atoms with Gasteiger partial charge < -0.3 is 0 Å². The lowest BCUT2D eigenvalue weighted by atomic mass is 9.78. The van der Waals surface area contributed by atoms with Crippen molar-refractivity contribution in [1.82, 2.24) is 0 Å². The molecule has 25 heavy (non-hydrogen) atoms. The third-order valence-corrected chi connectivity index (χ3v) is 5.56. The van der Waals surface area contributed by atoms with Gasteiger partial charge in [-0.25, -0.2) is 4.39 Å². The van der Waals surface area contributed by atoms with E-state index in [1.54, 1.807) is 13.0 Å². The Labute approximate surface area is 158 Å². The van der Waals surface area contributed by atoms with E-state index in [1.807, 2.05) is 6.07 Å². The molecule has 0 unspecified atom stereocenters. The lowest BCUT2D eigenvalue weighted by molar-refractivity contribution is 0.252. The van der Waals surface area contributed by atoms with Gasteiger partial charge in [0.2, 0.25) is 0 Å². The Hall–Kier alpha value is -1.63. The van der Waals surface area contributed by atoms with Gasteiger partial charge in [-0.15, -0.1) is 0 Å². The van der Waals surface area contributed by atoms with E-state index in [2.05, 4.69) is 6.92 Å². The first-order valence-corrected chi connectivity index (χ1v) is 9.69. The van der Waals surface area contributed by atoms with E-state index in [1.165, 1.54) is 44.6 Å². The van der Waals surface area contributed by atoms with Crippen molar-refractivity contribution in [2.45, 2.75) is 65.2 Å². The molecule has 1 fully saturated rings. The molecule has 0 aliphatic heterocycles. The highest BCUT2D eigenvalue weighted by Crippen LogP contribution is 2.34. The summed E-state index contributed by atoms with van der Waals surface area (Å²) < 4.78 is 47.2. The van der Waals surface area contributed by atoms with Crippen LogP contribution in [0.4, 0.5) is 4.39 Å². The average molecular weight is 343 g/mol. The van der Waals surface area contributed by atoms with Crippen LogP contribution < -0.4 is 0 Å². The van der Waals surface area contributed by atoms with Gasteiger partial charge in [-0.2, -0.15) is 0 Å². The second-order valence-corrected chi connectivity index (χ2v) is 7.53. The predicted molar refractivity (Wildman–Crippen MR) is 105 cm³/mol. The Morgan fingerprint density at radius 2 is 1.64 bits per heavy atom. The average Bonchev–Trinajstić information content (AvgIpc) is 2.72. The lowest BCUT2D eigenvalue weighted by Crippen LogP contribution is -2.15. The summed E-state index contributed by atoms with van der Waals surface area (Å²) in [5.41, 5.74) is 1.41. The quantitative estimate of drug-likeness (QED) is 0.515. The third kappa shape index (κ3) is 4.93. The van der Waals surface area contributed by atoms with Crippen molar-refractivity contribution in [2.24, 2.45) is 11.8 Å². The summed E-state index contributed by atoms with van der Waals surface area (Å²) in [5.74, 6) is 1.14. The third-order valence-electron chi connectivity index (χ3n) is 5.56. The van der Waals surface area contributed by atoms with E-state index < -0.39 is 5.82 Å². The van der Waals surface area contributed by atoms with E-state index >= 15 is 0 Å². The zero-order chi connectivity index (χ0) is 21.1. The summed E-state index contributed by atoms with van der Waals surface area (Å²) in [4.78, 5) is 0. The zero-order valence-electron chi connectivity index (χ0n) is 19.4. The normalized spacial score (nSPS) is 22.8. The highest BCUT2D eigenvalue weighted by Gasteiger charge is 2.20. The summed E-state index contributed by atoms with van der Waals surface area (Å²) in [6.07, 6.45) is 9.72. The van der Waals surface area contributed by atoms with Crippen molar-refractivity contribution in [2.75, 3.05) is 0 Å². The van der Waals surface area contributed by atoms with Gasteiger partial charge in [-0.05, 0) is 48.8 Å². The second kappa shape index (κ2) is 8.65. The Morgan fingerprint density at radius 1 is 1.00 bits per heavy atom. The fraction of sp³-hybridized carbons (Fsp3) is 0.500. The first-order chi connectivity index (χ1) is 13.8. The predicted octanol–water partition coefficient (Wildman–Crippen LogP) is 7.34. The molecule has 0 amide bonds. The molecule has 1 aliphatic rings. The molecule has 0 saturated heterocycles. The molecule has 3 rings (SSSR count). The molecule has 1 heteroatoms. The van der Waals surface area contributed by atoms with Crippen LogP contribution in [0.25, 0.3) is 11.1 Å². The molecule has 0 aromatic heterocycles. The standard InChI is InChI=1S/C24H31F/c1-3-4-19-7-9-20(10-8-19)11-12-21-13-16-23(24(25)17-21)22-14-5-18(2)6-15-22/h5-6,13-17,19-20H,3-4,7-12H2,1-2H3/i5D,6D,14D,15D. The first kappa shape index (κ1) is 13.6. The Bertz CT molecular complexity index is 841.